The maximum atomic E-state index is 12.1. The maximum absolute atomic E-state index is 12.1. The summed E-state index contributed by atoms with van der Waals surface area (Å²) in [6.07, 6.45) is 2.93. The number of hydrogen-bond acceptors (Lipinski definition) is 4. The predicted molar refractivity (Wildman–Crippen MR) is 99.4 cm³/mol. The lowest BCUT2D eigenvalue weighted by molar-refractivity contribution is 0.0950. The molecule has 0 aliphatic rings. The van der Waals surface area contributed by atoms with Crippen LogP contribution in [0.15, 0.2) is 60.9 Å². The van der Waals surface area contributed by atoms with E-state index in [0.717, 1.165) is 5.56 Å². The molecule has 3 rings (SSSR count). The number of hydrogen-bond donors (Lipinski definition) is 2. The zero-order valence-electron chi connectivity index (χ0n) is 13.0. The van der Waals surface area contributed by atoms with E-state index in [-0.39, 0.29) is 5.91 Å². The third kappa shape index (κ3) is 4.68. The maximum Gasteiger partial charge on any atom is 0.254 e. The Morgan fingerprint density at radius 2 is 1.68 bits per heavy atom. The summed E-state index contributed by atoms with van der Waals surface area (Å²) in [5, 5.41) is 6.73. The first kappa shape index (κ1) is 17.2. The highest BCUT2D eigenvalue weighted by Crippen LogP contribution is 2.26. The van der Waals surface area contributed by atoms with E-state index in [1.165, 1.54) is 12.4 Å². The van der Waals surface area contributed by atoms with Crippen molar-refractivity contribution in [3.05, 3.63) is 82.1 Å². The standard InChI is InChI=1S/C18H14Cl2N4O/c19-15-7-6-14(8-16(15)20)24-18-22-10-13(11-23-18)17(25)21-9-12-4-2-1-3-5-12/h1-8,10-11H,9H2,(H,21,25)(H,22,23,24). The number of nitrogens with zero attached hydrogens (tertiary/aromatic N) is 2. The number of aromatic nitrogens is 2. The van der Waals surface area contributed by atoms with Crippen LogP contribution in [0.2, 0.25) is 10.0 Å². The van der Waals surface area contributed by atoms with Crippen LogP contribution in [0, 0.1) is 0 Å². The van der Waals surface area contributed by atoms with Gasteiger partial charge in [0.1, 0.15) is 0 Å². The molecule has 0 bridgehead atoms. The molecule has 0 aliphatic heterocycles. The minimum Gasteiger partial charge on any atom is -0.348 e. The number of carbonyl (C=O) groups excluding carboxylic acids is 1. The highest BCUT2D eigenvalue weighted by atomic mass is 35.5. The Labute approximate surface area is 155 Å². The van der Waals surface area contributed by atoms with Gasteiger partial charge in [0, 0.05) is 24.6 Å². The zero-order chi connectivity index (χ0) is 17.6. The monoisotopic (exact) mass is 372 g/mol. The van der Waals surface area contributed by atoms with Gasteiger partial charge in [-0.2, -0.15) is 0 Å². The van der Waals surface area contributed by atoms with Crippen LogP contribution >= 0.6 is 23.2 Å². The Morgan fingerprint density at radius 3 is 2.36 bits per heavy atom. The molecular weight excluding hydrogens is 359 g/mol. The second-order valence-corrected chi connectivity index (χ2v) is 6.03. The zero-order valence-corrected chi connectivity index (χ0v) is 14.6. The highest BCUT2D eigenvalue weighted by molar-refractivity contribution is 6.42. The lowest BCUT2D eigenvalue weighted by Gasteiger charge is -2.07. The van der Waals surface area contributed by atoms with Crippen molar-refractivity contribution in [3.63, 3.8) is 0 Å². The number of rotatable bonds is 5. The van der Waals surface area contributed by atoms with Crippen LogP contribution in [-0.2, 0) is 6.54 Å². The molecule has 7 heteroatoms. The molecular formula is C18H14Cl2N4O. The molecule has 1 amide bonds. The van der Waals surface area contributed by atoms with Crippen molar-refractivity contribution in [3.8, 4) is 0 Å². The van der Waals surface area contributed by atoms with E-state index in [9.17, 15) is 4.79 Å². The van der Waals surface area contributed by atoms with Gasteiger partial charge in [-0.05, 0) is 23.8 Å². The number of nitrogens with one attached hydrogen (secondary N) is 2. The fraction of sp³-hybridized carbons (Fsp3) is 0.0556. The molecule has 0 spiro atoms. The molecule has 3 aromatic rings. The number of benzene rings is 2. The average molecular weight is 373 g/mol. The van der Waals surface area contributed by atoms with Gasteiger partial charge in [-0.15, -0.1) is 0 Å². The lowest BCUT2D eigenvalue weighted by atomic mass is 10.2. The smallest absolute Gasteiger partial charge is 0.254 e. The summed E-state index contributed by atoms with van der Waals surface area (Å²) in [5.41, 5.74) is 2.11. The van der Waals surface area contributed by atoms with Crippen molar-refractivity contribution in [2.24, 2.45) is 0 Å². The Morgan fingerprint density at radius 1 is 0.960 bits per heavy atom. The van der Waals surface area contributed by atoms with E-state index in [1.54, 1.807) is 18.2 Å². The largest absolute Gasteiger partial charge is 0.348 e. The van der Waals surface area contributed by atoms with Gasteiger partial charge < -0.3 is 10.6 Å². The van der Waals surface area contributed by atoms with E-state index in [0.29, 0.717) is 33.8 Å². The van der Waals surface area contributed by atoms with Crippen LogP contribution in [-0.4, -0.2) is 15.9 Å². The van der Waals surface area contributed by atoms with Crippen molar-refractivity contribution in [1.82, 2.24) is 15.3 Å². The number of amides is 1. The first-order valence-corrected chi connectivity index (χ1v) is 8.23. The molecule has 0 saturated carbocycles. The predicted octanol–water partition coefficient (Wildman–Crippen LogP) is 4.46. The second kappa shape index (κ2) is 7.96. The molecule has 2 N–H and O–H groups in total. The minimum atomic E-state index is -0.232. The van der Waals surface area contributed by atoms with Gasteiger partial charge in [0.25, 0.3) is 5.91 Å². The number of anilines is 2. The molecule has 25 heavy (non-hydrogen) atoms. The number of carbonyl (C=O) groups is 1. The molecule has 1 aromatic heterocycles. The van der Waals surface area contributed by atoms with E-state index in [2.05, 4.69) is 20.6 Å². The van der Waals surface area contributed by atoms with Gasteiger partial charge in [-0.1, -0.05) is 53.5 Å². The third-order valence-corrected chi connectivity index (χ3v) is 4.12. The average Bonchev–Trinajstić information content (AvgIpc) is 2.64. The Kier molecular flexibility index (Phi) is 5.48. The van der Waals surface area contributed by atoms with Crippen molar-refractivity contribution < 1.29 is 4.79 Å². The summed E-state index contributed by atoms with van der Waals surface area (Å²) < 4.78 is 0. The summed E-state index contributed by atoms with van der Waals surface area (Å²) >= 11 is 11.8. The molecule has 0 saturated heterocycles. The quantitative estimate of drug-likeness (QED) is 0.693. The molecule has 0 radical (unpaired) electrons. The topological polar surface area (TPSA) is 66.9 Å². The summed E-state index contributed by atoms with van der Waals surface area (Å²) in [4.78, 5) is 20.4. The summed E-state index contributed by atoms with van der Waals surface area (Å²) in [5.74, 6) is 0.128. The van der Waals surface area contributed by atoms with Crippen LogP contribution in [0.1, 0.15) is 15.9 Å². The van der Waals surface area contributed by atoms with Crippen LogP contribution < -0.4 is 10.6 Å². The van der Waals surface area contributed by atoms with Gasteiger partial charge in [0.15, 0.2) is 0 Å². The highest BCUT2D eigenvalue weighted by Gasteiger charge is 2.07. The van der Waals surface area contributed by atoms with Crippen LogP contribution in [0.25, 0.3) is 0 Å². The molecule has 5 nitrogen and oxygen atoms in total. The molecule has 0 unspecified atom stereocenters. The van der Waals surface area contributed by atoms with Crippen molar-refractivity contribution in [1.29, 1.82) is 0 Å². The van der Waals surface area contributed by atoms with Gasteiger partial charge >= 0.3 is 0 Å². The lowest BCUT2D eigenvalue weighted by Crippen LogP contribution is -2.23. The summed E-state index contributed by atoms with van der Waals surface area (Å²) in [6.45, 7) is 0.447. The summed E-state index contributed by atoms with van der Waals surface area (Å²) in [6, 6.07) is 14.8. The van der Waals surface area contributed by atoms with Gasteiger partial charge in [0.05, 0.1) is 15.6 Å². The minimum absolute atomic E-state index is 0.232. The van der Waals surface area contributed by atoms with Crippen molar-refractivity contribution >= 4 is 40.7 Å². The third-order valence-electron chi connectivity index (χ3n) is 3.39. The molecule has 0 atom stereocenters. The van der Waals surface area contributed by atoms with Crippen molar-refractivity contribution in [2.75, 3.05) is 5.32 Å². The summed E-state index contributed by atoms with van der Waals surface area (Å²) in [7, 11) is 0. The fourth-order valence-electron chi connectivity index (χ4n) is 2.09. The normalized spacial score (nSPS) is 10.3. The van der Waals surface area contributed by atoms with Gasteiger partial charge in [-0.25, -0.2) is 9.97 Å². The molecule has 0 fully saturated rings. The van der Waals surface area contributed by atoms with Crippen LogP contribution in [0.3, 0.4) is 0 Å². The Balaban J connectivity index is 1.61. The van der Waals surface area contributed by atoms with Crippen molar-refractivity contribution in [2.45, 2.75) is 6.54 Å². The van der Waals surface area contributed by atoms with E-state index >= 15 is 0 Å². The first-order chi connectivity index (χ1) is 12.1. The Hall–Kier alpha value is -2.63. The van der Waals surface area contributed by atoms with Gasteiger partial charge in [0.2, 0.25) is 5.95 Å². The molecule has 0 aliphatic carbocycles. The van der Waals surface area contributed by atoms with E-state index in [1.807, 2.05) is 30.3 Å². The molecule has 2 aromatic carbocycles. The van der Waals surface area contributed by atoms with Crippen LogP contribution in [0.5, 0.6) is 0 Å². The fourth-order valence-corrected chi connectivity index (χ4v) is 2.39. The van der Waals surface area contributed by atoms with Crippen LogP contribution in [0.4, 0.5) is 11.6 Å². The first-order valence-electron chi connectivity index (χ1n) is 7.48. The van der Waals surface area contributed by atoms with E-state index in [4.69, 9.17) is 23.2 Å². The molecule has 126 valence electrons. The second-order valence-electron chi connectivity index (χ2n) is 5.22. The van der Waals surface area contributed by atoms with E-state index < -0.39 is 0 Å². The SMILES string of the molecule is O=C(NCc1ccccc1)c1cnc(Nc2ccc(Cl)c(Cl)c2)nc1. The Bertz CT molecular complexity index is 870. The molecule has 1 heterocycles. The van der Waals surface area contributed by atoms with Gasteiger partial charge in [-0.3, -0.25) is 4.79 Å². The number of halogens is 2.